The minimum absolute atomic E-state index is 0.179. The van der Waals surface area contributed by atoms with Gasteiger partial charge in [-0.1, -0.05) is 18.2 Å². The molecule has 14 heteroatoms. The number of likely N-dealkylation sites (tertiary alicyclic amines) is 1. The Morgan fingerprint density at radius 1 is 1.10 bits per heavy atom. The number of pyridine rings is 1. The van der Waals surface area contributed by atoms with Gasteiger partial charge < -0.3 is 14.2 Å². The van der Waals surface area contributed by atoms with Crippen LogP contribution < -0.4 is 10.1 Å². The predicted octanol–water partition coefficient (Wildman–Crippen LogP) is 3.60. The number of hydrogen-bond donors (Lipinski definition) is 1. The van der Waals surface area contributed by atoms with Crippen molar-refractivity contribution in [2.24, 2.45) is 11.8 Å². The number of ether oxygens (including phenoxy) is 1. The molecule has 5 heterocycles. The lowest BCUT2D eigenvalue weighted by Crippen LogP contribution is -2.34. The summed E-state index contributed by atoms with van der Waals surface area (Å²) in [5.74, 6) is 0.727. The van der Waals surface area contributed by atoms with E-state index in [9.17, 15) is 13.2 Å². The van der Waals surface area contributed by atoms with Crippen molar-refractivity contribution < 1.29 is 17.9 Å². The monoisotopic (exact) mass is 564 g/mol. The van der Waals surface area contributed by atoms with Gasteiger partial charge in [-0.05, 0) is 42.9 Å². The number of rotatable bonds is 5. The van der Waals surface area contributed by atoms with Gasteiger partial charge in [0.1, 0.15) is 5.52 Å². The number of hydrogen-bond acceptors (Lipinski definition) is 9. The third-order valence-corrected chi connectivity index (χ3v) is 10.0. The number of carbonyl (C=O) groups is 1. The van der Waals surface area contributed by atoms with E-state index in [1.54, 1.807) is 48.8 Å². The van der Waals surface area contributed by atoms with Crippen molar-refractivity contribution in [1.82, 2.24) is 32.8 Å². The zero-order valence-corrected chi connectivity index (χ0v) is 22.5. The highest BCUT2D eigenvalue weighted by atomic mass is 32.2. The highest BCUT2D eigenvalue weighted by Gasteiger charge is 2.43. The van der Waals surface area contributed by atoms with Crippen LogP contribution >= 0.6 is 11.5 Å². The molecule has 2 fully saturated rings. The molecule has 4 aromatic heterocycles. The maximum Gasteiger partial charge on any atom is 0.329 e. The van der Waals surface area contributed by atoms with Crippen molar-refractivity contribution in [3.8, 4) is 6.01 Å². The molecule has 200 valence electrons. The fourth-order valence-corrected chi connectivity index (χ4v) is 7.79. The van der Waals surface area contributed by atoms with Crippen LogP contribution in [0.15, 0.2) is 60.0 Å². The average Bonchev–Trinajstić information content (AvgIpc) is 3.75. The molecule has 1 aliphatic heterocycles. The second kappa shape index (κ2) is 9.02. The Morgan fingerprint density at radius 3 is 2.59 bits per heavy atom. The van der Waals surface area contributed by atoms with Crippen LogP contribution in [0.5, 0.6) is 6.01 Å². The Labute approximate surface area is 227 Å². The summed E-state index contributed by atoms with van der Waals surface area (Å²) in [5.41, 5.74) is 1.98. The molecule has 1 unspecified atom stereocenters. The Morgan fingerprint density at radius 2 is 1.87 bits per heavy atom. The molecule has 0 spiro atoms. The summed E-state index contributed by atoms with van der Waals surface area (Å²) in [6.45, 7) is 1.33. The summed E-state index contributed by atoms with van der Waals surface area (Å²) in [6.07, 6.45) is 6.83. The standard InChI is InChI=1S/C25H24N8O4S2/c1-37-23-28-24(38-30-23)29-25(34)31-12-15-9-17(10-16(15)13-31)32-14-27-20-11-26-22-19(21(20)32)7-8-33(22)39(35,36)18-5-3-2-4-6-18/h2-8,11,14-17H,9-10,12-13H2,1H3,(H,28,29,30,34)/t15-,16+,17?. The van der Waals surface area contributed by atoms with Crippen LogP contribution in [-0.2, 0) is 10.0 Å². The summed E-state index contributed by atoms with van der Waals surface area (Å²) in [7, 11) is -2.30. The molecule has 7 rings (SSSR count). The molecule has 39 heavy (non-hydrogen) atoms. The third kappa shape index (κ3) is 3.93. The quantitative estimate of drug-likeness (QED) is 0.342. The van der Waals surface area contributed by atoms with Crippen LogP contribution in [0.1, 0.15) is 18.9 Å². The van der Waals surface area contributed by atoms with E-state index >= 15 is 0 Å². The van der Waals surface area contributed by atoms with Gasteiger partial charge >= 0.3 is 12.0 Å². The molecule has 2 aliphatic rings. The summed E-state index contributed by atoms with van der Waals surface area (Å²) in [5, 5.41) is 3.97. The first-order valence-corrected chi connectivity index (χ1v) is 14.7. The van der Waals surface area contributed by atoms with Gasteiger partial charge in [0, 0.05) is 42.2 Å². The highest BCUT2D eigenvalue weighted by Crippen LogP contribution is 2.45. The van der Waals surface area contributed by atoms with Crippen LogP contribution in [0.25, 0.3) is 22.1 Å². The minimum atomic E-state index is -3.79. The number of benzene rings is 1. The Balaban J connectivity index is 1.13. The number of methoxy groups -OCH3 is 1. The first-order chi connectivity index (χ1) is 18.9. The largest absolute Gasteiger partial charge is 0.466 e. The van der Waals surface area contributed by atoms with Crippen LogP contribution in [0.3, 0.4) is 0 Å². The van der Waals surface area contributed by atoms with Gasteiger partial charge in [-0.3, -0.25) is 5.32 Å². The summed E-state index contributed by atoms with van der Waals surface area (Å²) < 4.78 is 39.0. The number of imidazole rings is 1. The van der Waals surface area contributed by atoms with Crippen LogP contribution in [0, 0.1) is 11.8 Å². The molecule has 1 N–H and O–H groups in total. The molecule has 0 bridgehead atoms. The summed E-state index contributed by atoms with van der Waals surface area (Å²) in [6, 6.07) is 10.4. The van der Waals surface area contributed by atoms with Crippen molar-refractivity contribution >= 4 is 54.8 Å². The van der Waals surface area contributed by atoms with E-state index in [0.29, 0.717) is 35.7 Å². The van der Waals surface area contributed by atoms with Crippen molar-refractivity contribution in [3.05, 3.63) is 55.1 Å². The SMILES string of the molecule is COc1nsc(NC(=O)N2C[C@H]3CC(n4cnc5cnc6c(ccn6S(=O)(=O)c6ccccc6)c54)C[C@H]3C2)n1. The predicted molar refractivity (Wildman–Crippen MR) is 144 cm³/mol. The molecule has 12 nitrogen and oxygen atoms in total. The van der Waals surface area contributed by atoms with Crippen molar-refractivity contribution in [1.29, 1.82) is 0 Å². The van der Waals surface area contributed by atoms with Gasteiger partial charge in [-0.2, -0.15) is 4.98 Å². The third-order valence-electron chi connectivity index (χ3n) is 7.72. The molecule has 1 saturated carbocycles. The maximum absolute atomic E-state index is 13.3. The first kappa shape index (κ1) is 24.0. The lowest BCUT2D eigenvalue weighted by Gasteiger charge is -2.20. The molecule has 0 radical (unpaired) electrons. The smallest absolute Gasteiger partial charge is 0.329 e. The maximum atomic E-state index is 13.3. The number of amides is 2. The van der Waals surface area contributed by atoms with Crippen LogP contribution in [0.4, 0.5) is 9.93 Å². The van der Waals surface area contributed by atoms with Crippen LogP contribution in [-0.4, -0.2) is 67.4 Å². The normalized spacial score (nSPS) is 21.1. The molecule has 1 aliphatic carbocycles. The van der Waals surface area contributed by atoms with Crippen molar-refractivity contribution in [2.45, 2.75) is 23.8 Å². The van der Waals surface area contributed by atoms with E-state index in [1.165, 1.54) is 11.1 Å². The number of urea groups is 1. The number of carbonyl (C=O) groups excluding carboxylic acids is 1. The van der Waals surface area contributed by atoms with Gasteiger partial charge in [0.05, 0.1) is 30.0 Å². The first-order valence-electron chi connectivity index (χ1n) is 12.5. The van der Waals surface area contributed by atoms with E-state index < -0.39 is 10.0 Å². The minimum Gasteiger partial charge on any atom is -0.466 e. The molecule has 5 aromatic rings. The lowest BCUT2D eigenvalue weighted by molar-refractivity contribution is 0.217. The second-order valence-electron chi connectivity index (χ2n) is 9.88. The number of nitrogens with zero attached hydrogens (tertiary/aromatic N) is 7. The number of aromatic nitrogens is 6. The van der Waals surface area contributed by atoms with E-state index in [4.69, 9.17) is 4.74 Å². The molecule has 1 aromatic carbocycles. The fourth-order valence-electron chi connectivity index (χ4n) is 5.94. The van der Waals surface area contributed by atoms with Gasteiger partial charge in [-0.25, -0.2) is 27.2 Å². The Hall–Kier alpha value is -4.04. The van der Waals surface area contributed by atoms with Crippen LogP contribution in [0.2, 0.25) is 0 Å². The molecule has 2 amide bonds. The lowest BCUT2D eigenvalue weighted by atomic mass is 10.0. The van der Waals surface area contributed by atoms with E-state index in [0.717, 1.165) is 40.8 Å². The van der Waals surface area contributed by atoms with Crippen molar-refractivity contribution in [3.63, 3.8) is 0 Å². The van der Waals surface area contributed by atoms with Crippen molar-refractivity contribution in [2.75, 3.05) is 25.5 Å². The molecule has 1 saturated heterocycles. The Kier molecular flexibility index (Phi) is 5.56. The van der Waals surface area contributed by atoms with Gasteiger partial charge in [0.25, 0.3) is 10.0 Å². The average molecular weight is 565 g/mol. The zero-order valence-electron chi connectivity index (χ0n) is 20.8. The molecule has 3 atom stereocenters. The van der Waals surface area contributed by atoms with Gasteiger partial charge in [-0.15, -0.1) is 4.37 Å². The zero-order chi connectivity index (χ0) is 26.7. The van der Waals surface area contributed by atoms with Gasteiger partial charge in [0.15, 0.2) is 5.65 Å². The topological polar surface area (TPSA) is 137 Å². The number of anilines is 1. The fraction of sp³-hybridized carbons (Fsp3) is 0.320. The molecular weight excluding hydrogens is 540 g/mol. The molecular formula is C25H24N8O4S2. The van der Waals surface area contributed by atoms with Gasteiger partial charge in [0.2, 0.25) is 5.13 Å². The second-order valence-corrected chi connectivity index (χ2v) is 12.4. The Bertz CT molecular complexity index is 1800. The van der Waals surface area contributed by atoms with E-state index in [-0.39, 0.29) is 23.0 Å². The number of fused-ring (bicyclic) bond motifs is 4. The number of nitrogens with one attached hydrogen (secondary N) is 1. The summed E-state index contributed by atoms with van der Waals surface area (Å²) in [4.78, 5) is 28.0. The highest BCUT2D eigenvalue weighted by molar-refractivity contribution is 7.90. The summed E-state index contributed by atoms with van der Waals surface area (Å²) >= 11 is 1.09. The van der Waals surface area contributed by atoms with E-state index in [1.807, 2.05) is 11.2 Å². The van der Waals surface area contributed by atoms with E-state index in [2.05, 4.69) is 29.2 Å².